The van der Waals surface area contributed by atoms with Crippen LogP contribution >= 0.6 is 23.2 Å². The van der Waals surface area contributed by atoms with Gasteiger partial charge in [0.25, 0.3) is 0 Å². The third-order valence-corrected chi connectivity index (χ3v) is 4.24. The minimum atomic E-state index is -1.44. The summed E-state index contributed by atoms with van der Waals surface area (Å²) >= 11 is 11.9. The second kappa shape index (κ2) is 8.91. The summed E-state index contributed by atoms with van der Waals surface area (Å²) in [5.41, 5.74) is 1.63. The molecule has 1 aromatic heterocycles. The molecule has 2 aromatic carbocycles. The van der Waals surface area contributed by atoms with Gasteiger partial charge in [0.1, 0.15) is 18.2 Å². The molecule has 0 radical (unpaired) electrons. The third kappa shape index (κ3) is 5.34. The van der Waals surface area contributed by atoms with Crippen LogP contribution in [0, 0.1) is 5.82 Å². The molecule has 0 amide bonds. The molecule has 0 unspecified atom stereocenters. The van der Waals surface area contributed by atoms with Gasteiger partial charge < -0.3 is 14.6 Å². The molecule has 0 bridgehead atoms. The number of pyridine rings is 1. The van der Waals surface area contributed by atoms with Crippen molar-refractivity contribution >= 4 is 29.4 Å². The maximum atomic E-state index is 14.0. The number of hydrogen-bond donors (Lipinski definition) is 1. The van der Waals surface area contributed by atoms with Gasteiger partial charge in [-0.05, 0) is 36.4 Å². The van der Waals surface area contributed by atoms with Gasteiger partial charge in [0.05, 0.1) is 0 Å². The molecule has 0 saturated heterocycles. The van der Waals surface area contributed by atoms with Crippen molar-refractivity contribution in [3.05, 3.63) is 87.3 Å². The minimum Gasteiger partial charge on any atom is -0.489 e. The molecule has 0 aliphatic heterocycles. The first-order valence-corrected chi connectivity index (χ1v) is 8.88. The predicted molar refractivity (Wildman–Crippen MR) is 103 cm³/mol. The average Bonchev–Trinajstić information content (AvgIpc) is 2.62. The summed E-state index contributed by atoms with van der Waals surface area (Å²) in [4.78, 5) is 14.8. The Morgan fingerprint density at radius 1 is 1.04 bits per heavy atom. The van der Waals surface area contributed by atoms with Crippen LogP contribution < -0.4 is 9.47 Å². The van der Waals surface area contributed by atoms with Crippen molar-refractivity contribution in [1.29, 1.82) is 0 Å². The number of nitrogens with zero attached hydrogens (tertiary/aromatic N) is 1. The summed E-state index contributed by atoms with van der Waals surface area (Å²) in [6, 6.07) is 14.2. The van der Waals surface area contributed by atoms with E-state index in [0.29, 0.717) is 39.0 Å². The molecule has 8 heteroatoms. The van der Waals surface area contributed by atoms with E-state index in [-0.39, 0.29) is 12.5 Å². The average molecular weight is 422 g/mol. The lowest BCUT2D eigenvalue weighted by Crippen LogP contribution is -2.06. The zero-order chi connectivity index (χ0) is 20.1. The first-order chi connectivity index (χ1) is 13.4. The van der Waals surface area contributed by atoms with Crippen molar-refractivity contribution in [3.63, 3.8) is 0 Å². The number of hydrogen-bond acceptors (Lipinski definition) is 4. The van der Waals surface area contributed by atoms with E-state index < -0.39 is 12.0 Å². The fraction of sp³-hybridized carbons (Fsp3) is 0.100. The fourth-order valence-electron chi connectivity index (χ4n) is 2.52. The summed E-state index contributed by atoms with van der Waals surface area (Å²) in [5.74, 6) is 0.0195. The van der Waals surface area contributed by atoms with E-state index in [9.17, 15) is 9.18 Å². The van der Waals surface area contributed by atoms with Crippen molar-refractivity contribution in [2.24, 2.45) is 0 Å². The molecule has 0 aliphatic rings. The topological polar surface area (TPSA) is 68.7 Å². The molecule has 0 saturated carbocycles. The molecule has 5 nitrogen and oxygen atoms in total. The summed E-state index contributed by atoms with van der Waals surface area (Å²) in [6.45, 7) is 0.00717. The number of rotatable bonds is 6. The monoisotopic (exact) mass is 421 g/mol. The van der Waals surface area contributed by atoms with Gasteiger partial charge in [0.2, 0.25) is 5.88 Å². The largest absolute Gasteiger partial charge is 0.512 e. The Morgan fingerprint density at radius 2 is 1.79 bits per heavy atom. The molecular formula is C20H14Cl2FNO4. The number of ether oxygens (including phenoxy) is 2. The van der Waals surface area contributed by atoms with E-state index >= 15 is 0 Å². The van der Waals surface area contributed by atoms with E-state index in [1.807, 2.05) is 0 Å². The van der Waals surface area contributed by atoms with Crippen LogP contribution in [0.3, 0.4) is 0 Å². The van der Waals surface area contributed by atoms with Gasteiger partial charge in [-0.25, -0.2) is 14.2 Å². The minimum absolute atomic E-state index is 0.00717. The van der Waals surface area contributed by atoms with Gasteiger partial charge in [-0.2, -0.15) is 0 Å². The maximum absolute atomic E-state index is 14.0. The highest BCUT2D eigenvalue weighted by molar-refractivity contribution is 6.30. The first-order valence-electron chi connectivity index (χ1n) is 8.12. The quantitative estimate of drug-likeness (QED) is 0.512. The molecule has 3 aromatic rings. The summed E-state index contributed by atoms with van der Waals surface area (Å²) in [7, 11) is 0. The van der Waals surface area contributed by atoms with Crippen molar-refractivity contribution < 1.29 is 23.8 Å². The zero-order valence-corrected chi connectivity index (χ0v) is 15.9. The maximum Gasteiger partial charge on any atom is 0.512 e. The van der Waals surface area contributed by atoms with Crippen LogP contribution in [-0.4, -0.2) is 16.2 Å². The van der Waals surface area contributed by atoms with E-state index in [1.165, 1.54) is 12.1 Å². The second-order valence-electron chi connectivity index (χ2n) is 5.79. The van der Waals surface area contributed by atoms with Crippen LogP contribution in [0.4, 0.5) is 9.18 Å². The highest BCUT2D eigenvalue weighted by atomic mass is 35.5. The SMILES string of the molecule is O=C(O)Oc1cccc(Cc2cc(Cl)ccc2OCc2ccc(Cl)cc2F)n1. The molecular weight excluding hydrogens is 408 g/mol. The van der Waals surface area contributed by atoms with Crippen LogP contribution in [0.1, 0.15) is 16.8 Å². The Balaban J connectivity index is 1.80. The molecule has 0 fully saturated rings. The molecule has 144 valence electrons. The number of benzene rings is 2. The van der Waals surface area contributed by atoms with Crippen LogP contribution in [0.15, 0.2) is 54.6 Å². The lowest BCUT2D eigenvalue weighted by Gasteiger charge is -2.13. The summed E-state index contributed by atoms with van der Waals surface area (Å²) in [6.07, 6.45) is -1.13. The standard InChI is InChI=1S/C20H14Cl2FNO4/c21-14-6-7-18(27-11-12-4-5-15(22)10-17(12)23)13(8-14)9-16-2-1-3-19(24-16)28-20(25)26/h1-8,10H,9,11H2,(H,25,26). The van der Waals surface area contributed by atoms with Crippen molar-refractivity contribution in [2.75, 3.05) is 0 Å². The fourth-order valence-corrected chi connectivity index (χ4v) is 2.87. The van der Waals surface area contributed by atoms with E-state index in [4.69, 9.17) is 33.0 Å². The molecule has 1 heterocycles. The Hall–Kier alpha value is -2.83. The van der Waals surface area contributed by atoms with Gasteiger partial charge in [0, 0.05) is 39.4 Å². The first kappa shape index (κ1) is 19.9. The Morgan fingerprint density at radius 3 is 2.54 bits per heavy atom. The van der Waals surface area contributed by atoms with Gasteiger partial charge in [0.15, 0.2) is 0 Å². The Kier molecular flexibility index (Phi) is 6.34. The predicted octanol–water partition coefficient (Wildman–Crippen LogP) is 5.75. The Bertz CT molecular complexity index is 1010. The zero-order valence-electron chi connectivity index (χ0n) is 14.4. The van der Waals surface area contributed by atoms with Crippen molar-refractivity contribution in [2.45, 2.75) is 13.0 Å². The van der Waals surface area contributed by atoms with Crippen LogP contribution in [0.25, 0.3) is 0 Å². The van der Waals surface area contributed by atoms with Gasteiger partial charge in [-0.1, -0.05) is 35.3 Å². The number of carboxylic acid groups (broad SMARTS) is 1. The molecule has 3 rings (SSSR count). The highest BCUT2D eigenvalue weighted by Gasteiger charge is 2.11. The van der Waals surface area contributed by atoms with E-state index in [0.717, 1.165) is 0 Å². The number of carbonyl (C=O) groups is 1. The van der Waals surface area contributed by atoms with Crippen LogP contribution in [0.5, 0.6) is 11.6 Å². The normalized spacial score (nSPS) is 10.5. The molecule has 0 aliphatic carbocycles. The van der Waals surface area contributed by atoms with Gasteiger partial charge >= 0.3 is 6.16 Å². The Labute approximate surface area is 170 Å². The summed E-state index contributed by atoms with van der Waals surface area (Å²) in [5, 5.41) is 9.51. The highest BCUT2D eigenvalue weighted by Crippen LogP contribution is 2.27. The molecule has 0 spiro atoms. The van der Waals surface area contributed by atoms with Gasteiger partial charge in [-0.3, -0.25) is 0 Å². The van der Waals surface area contributed by atoms with Crippen LogP contribution in [0.2, 0.25) is 10.0 Å². The smallest absolute Gasteiger partial charge is 0.489 e. The van der Waals surface area contributed by atoms with Crippen LogP contribution in [-0.2, 0) is 13.0 Å². The molecule has 1 N–H and O–H groups in total. The van der Waals surface area contributed by atoms with E-state index in [2.05, 4.69) is 9.72 Å². The number of halogens is 3. The lowest BCUT2D eigenvalue weighted by molar-refractivity contribution is 0.142. The molecule has 0 atom stereocenters. The lowest BCUT2D eigenvalue weighted by atomic mass is 10.1. The van der Waals surface area contributed by atoms with Crippen molar-refractivity contribution in [3.8, 4) is 11.6 Å². The second-order valence-corrected chi connectivity index (χ2v) is 6.66. The molecule has 28 heavy (non-hydrogen) atoms. The third-order valence-electron chi connectivity index (χ3n) is 3.77. The van der Waals surface area contributed by atoms with Crippen molar-refractivity contribution in [1.82, 2.24) is 4.98 Å². The van der Waals surface area contributed by atoms with E-state index in [1.54, 1.807) is 42.5 Å². The summed E-state index contributed by atoms with van der Waals surface area (Å²) < 4.78 is 24.3. The van der Waals surface area contributed by atoms with Gasteiger partial charge in [-0.15, -0.1) is 0 Å². The number of aromatic nitrogens is 1.